The van der Waals surface area contributed by atoms with Gasteiger partial charge >= 0.3 is 6.09 Å². The van der Waals surface area contributed by atoms with Crippen molar-refractivity contribution in [2.75, 3.05) is 40.0 Å². The van der Waals surface area contributed by atoms with Gasteiger partial charge in [-0.3, -0.25) is 0 Å². The fraction of sp³-hybridized carbons (Fsp3) is 0.870. The van der Waals surface area contributed by atoms with Crippen LogP contribution in [0.15, 0.2) is 11.6 Å². The lowest BCUT2D eigenvalue weighted by atomic mass is 9.68. The van der Waals surface area contributed by atoms with Gasteiger partial charge in [0.1, 0.15) is 23.4 Å². The summed E-state index contributed by atoms with van der Waals surface area (Å²) in [6.07, 6.45) is 4.20. The third-order valence-corrected chi connectivity index (χ3v) is 7.99. The number of fused-ring (bicyclic) bond motifs is 1. The van der Waals surface area contributed by atoms with Gasteiger partial charge in [0.05, 0.1) is 31.8 Å². The first-order valence-corrected chi connectivity index (χ1v) is 11.4. The monoisotopic (exact) mass is 421 g/mol. The Bertz CT molecular complexity index is 704. The average Bonchev–Trinajstić information content (AvgIpc) is 3.48. The summed E-state index contributed by atoms with van der Waals surface area (Å²) in [5.74, 6) is 0.962. The van der Waals surface area contributed by atoms with Crippen molar-refractivity contribution in [2.24, 2.45) is 17.8 Å². The first kappa shape index (κ1) is 20.7. The highest BCUT2D eigenvalue weighted by Gasteiger charge is 2.72. The smallest absolute Gasteiger partial charge is 0.410 e. The summed E-state index contributed by atoms with van der Waals surface area (Å²) in [5.41, 5.74) is 0.792. The minimum absolute atomic E-state index is 0.0588. The van der Waals surface area contributed by atoms with Crippen molar-refractivity contribution in [3.8, 4) is 0 Å². The zero-order valence-corrected chi connectivity index (χ0v) is 18.6. The normalized spacial score (nSPS) is 46.6. The highest BCUT2D eigenvalue weighted by Crippen LogP contribution is 2.59. The molecule has 0 N–H and O–H groups in total. The maximum atomic E-state index is 12.9. The maximum Gasteiger partial charge on any atom is 0.410 e. The van der Waals surface area contributed by atoms with Crippen molar-refractivity contribution in [3.05, 3.63) is 11.6 Å². The molecule has 0 bridgehead atoms. The molecule has 7 heteroatoms. The second kappa shape index (κ2) is 7.47. The molecule has 4 saturated heterocycles. The summed E-state index contributed by atoms with van der Waals surface area (Å²) in [4.78, 5) is 14.8. The maximum absolute atomic E-state index is 12.9. The van der Waals surface area contributed by atoms with Gasteiger partial charge in [-0.25, -0.2) is 4.79 Å². The molecule has 4 aliphatic heterocycles. The molecule has 1 unspecified atom stereocenters. The molecule has 5 fully saturated rings. The van der Waals surface area contributed by atoms with E-state index in [9.17, 15) is 4.79 Å². The summed E-state index contributed by atoms with van der Waals surface area (Å²) < 4.78 is 29.8. The van der Waals surface area contributed by atoms with Gasteiger partial charge in [0, 0.05) is 32.0 Å². The Balaban J connectivity index is 1.28. The highest BCUT2D eigenvalue weighted by molar-refractivity contribution is 5.68. The van der Waals surface area contributed by atoms with Crippen LogP contribution in [0.2, 0.25) is 0 Å². The summed E-state index contributed by atoms with van der Waals surface area (Å²) in [6.45, 7) is 10.1. The van der Waals surface area contributed by atoms with E-state index in [4.69, 9.17) is 23.7 Å². The molecule has 5 rings (SSSR count). The first-order chi connectivity index (χ1) is 14.4. The molecular weight excluding hydrogens is 386 g/mol. The number of ether oxygens (including phenoxy) is 5. The average molecular weight is 422 g/mol. The quantitative estimate of drug-likeness (QED) is 0.502. The molecule has 1 spiro atoms. The molecule has 0 aromatic carbocycles. The van der Waals surface area contributed by atoms with E-state index in [-0.39, 0.29) is 41.5 Å². The van der Waals surface area contributed by atoms with Crippen molar-refractivity contribution in [1.29, 1.82) is 0 Å². The van der Waals surface area contributed by atoms with E-state index in [0.717, 1.165) is 52.2 Å². The predicted molar refractivity (Wildman–Crippen MR) is 109 cm³/mol. The van der Waals surface area contributed by atoms with Crippen molar-refractivity contribution in [1.82, 2.24) is 4.90 Å². The Kier molecular flexibility index (Phi) is 5.16. The summed E-state index contributed by atoms with van der Waals surface area (Å²) in [5, 5.41) is 0. The molecule has 0 radical (unpaired) electrons. The Morgan fingerprint density at radius 3 is 2.53 bits per heavy atom. The Morgan fingerprint density at radius 1 is 1.23 bits per heavy atom. The van der Waals surface area contributed by atoms with Crippen LogP contribution in [0.3, 0.4) is 0 Å². The van der Waals surface area contributed by atoms with E-state index in [1.165, 1.54) is 5.57 Å². The second-order valence-electron chi connectivity index (χ2n) is 10.3. The Hall–Kier alpha value is -1.15. The van der Waals surface area contributed by atoms with Crippen LogP contribution in [0.1, 0.15) is 40.0 Å². The van der Waals surface area contributed by atoms with E-state index >= 15 is 0 Å². The number of epoxide rings is 2. The minimum atomic E-state index is -0.309. The molecule has 5 aliphatic rings. The molecule has 168 valence electrons. The van der Waals surface area contributed by atoms with Crippen LogP contribution >= 0.6 is 0 Å². The van der Waals surface area contributed by atoms with Crippen LogP contribution in [-0.4, -0.2) is 80.5 Å². The topological polar surface area (TPSA) is 73.1 Å². The zero-order chi connectivity index (χ0) is 21.1. The van der Waals surface area contributed by atoms with E-state index < -0.39 is 0 Å². The van der Waals surface area contributed by atoms with Crippen molar-refractivity contribution >= 4 is 6.09 Å². The Labute approximate surface area is 179 Å². The number of hydrogen-bond acceptors (Lipinski definition) is 6. The number of carbonyl (C=O) groups is 1. The van der Waals surface area contributed by atoms with Crippen molar-refractivity contribution in [3.63, 3.8) is 0 Å². The van der Waals surface area contributed by atoms with Crippen LogP contribution in [-0.2, 0) is 23.7 Å². The number of rotatable bonds is 5. The molecule has 1 amide bonds. The van der Waals surface area contributed by atoms with Gasteiger partial charge in [-0.05, 0) is 40.0 Å². The molecule has 0 aromatic heterocycles. The van der Waals surface area contributed by atoms with E-state index in [1.807, 2.05) is 4.90 Å². The van der Waals surface area contributed by atoms with Crippen molar-refractivity contribution < 1.29 is 28.5 Å². The first-order valence-electron chi connectivity index (χ1n) is 11.4. The lowest BCUT2D eigenvalue weighted by molar-refractivity contribution is -0.121. The molecular formula is C23H35NO6. The molecule has 8 atom stereocenters. The van der Waals surface area contributed by atoms with Crippen LogP contribution < -0.4 is 0 Å². The van der Waals surface area contributed by atoms with E-state index in [0.29, 0.717) is 11.8 Å². The lowest BCUT2D eigenvalue weighted by Crippen LogP contribution is -2.56. The molecule has 7 nitrogen and oxygen atoms in total. The van der Waals surface area contributed by atoms with Gasteiger partial charge in [0.15, 0.2) is 0 Å². The van der Waals surface area contributed by atoms with Gasteiger partial charge in [0.2, 0.25) is 0 Å². The molecule has 30 heavy (non-hydrogen) atoms. The standard InChI is InChI=1S/C23H35NO6/c1-14(2)5-6-18-22(3,30-18)20-19(26-4)17(7-8-23(20)13-28-23)29-21(25)24-9-15-11-27-12-16(15)10-24/h5,15-20H,6-13H2,1-4H3/t15-,16?,17+,18+,19+,20+,22-,23-/m0/s1. The van der Waals surface area contributed by atoms with Crippen LogP contribution in [0.25, 0.3) is 0 Å². The van der Waals surface area contributed by atoms with E-state index in [2.05, 4.69) is 26.8 Å². The number of hydrogen-bond donors (Lipinski definition) is 0. The number of likely N-dealkylation sites (tertiary alicyclic amines) is 1. The molecule has 1 saturated carbocycles. The number of nitrogens with zero attached hydrogens (tertiary/aromatic N) is 1. The molecule has 1 aliphatic carbocycles. The van der Waals surface area contributed by atoms with Crippen molar-refractivity contribution in [2.45, 2.75) is 69.5 Å². The fourth-order valence-corrected chi connectivity index (χ4v) is 6.11. The molecule has 4 heterocycles. The number of carbonyl (C=O) groups excluding carboxylic acids is 1. The summed E-state index contributed by atoms with van der Waals surface area (Å²) in [6, 6.07) is 0. The van der Waals surface area contributed by atoms with Gasteiger partial charge in [-0.1, -0.05) is 11.6 Å². The van der Waals surface area contributed by atoms with Crippen LogP contribution in [0.4, 0.5) is 4.79 Å². The van der Waals surface area contributed by atoms with Gasteiger partial charge in [0.25, 0.3) is 0 Å². The number of allylic oxidation sites excluding steroid dienone is 1. The SMILES string of the molecule is CO[C@@H]1[C@H](OC(=O)N2CC3COC[C@@H]3C2)CC[C@]2(CO2)[C@H]1[C@@]1(C)O[C@@H]1CC=C(C)C. The van der Waals surface area contributed by atoms with Gasteiger partial charge < -0.3 is 28.6 Å². The predicted octanol–water partition coefficient (Wildman–Crippen LogP) is 2.78. The lowest BCUT2D eigenvalue weighted by Gasteiger charge is -2.43. The van der Waals surface area contributed by atoms with Gasteiger partial charge in [-0.2, -0.15) is 0 Å². The highest BCUT2D eigenvalue weighted by atomic mass is 16.6. The summed E-state index contributed by atoms with van der Waals surface area (Å²) in [7, 11) is 1.72. The molecule has 0 aromatic rings. The van der Waals surface area contributed by atoms with Crippen LogP contribution in [0, 0.1) is 17.8 Å². The largest absolute Gasteiger partial charge is 0.443 e. The third kappa shape index (κ3) is 3.48. The second-order valence-corrected chi connectivity index (χ2v) is 10.3. The fourth-order valence-electron chi connectivity index (χ4n) is 6.11. The van der Waals surface area contributed by atoms with Gasteiger partial charge in [-0.15, -0.1) is 0 Å². The Morgan fingerprint density at radius 2 is 1.93 bits per heavy atom. The van der Waals surface area contributed by atoms with Crippen LogP contribution in [0.5, 0.6) is 0 Å². The zero-order valence-electron chi connectivity index (χ0n) is 18.6. The summed E-state index contributed by atoms with van der Waals surface area (Å²) >= 11 is 0. The number of amides is 1. The third-order valence-electron chi connectivity index (χ3n) is 7.99. The van der Waals surface area contributed by atoms with E-state index in [1.54, 1.807) is 7.11 Å². The number of methoxy groups -OCH3 is 1. The minimum Gasteiger partial charge on any atom is -0.443 e.